The zero-order valence-electron chi connectivity index (χ0n) is 11.1. The Morgan fingerprint density at radius 1 is 1.24 bits per heavy atom. The van der Waals surface area contributed by atoms with Gasteiger partial charge in [-0.15, -0.1) is 0 Å². The second-order valence-electron chi connectivity index (χ2n) is 4.59. The summed E-state index contributed by atoms with van der Waals surface area (Å²) in [6.07, 6.45) is 3.47. The van der Waals surface area contributed by atoms with Crippen LogP contribution in [0.2, 0.25) is 0 Å². The summed E-state index contributed by atoms with van der Waals surface area (Å²) >= 11 is 3.21. The first kappa shape index (κ1) is 13.8. The number of rotatable bonds is 2. The highest BCUT2D eigenvalue weighted by Gasteiger charge is 2.13. The van der Waals surface area contributed by atoms with E-state index in [1.165, 1.54) is 12.1 Å². The zero-order chi connectivity index (χ0) is 15.0. The molecule has 2 aromatic heterocycles. The molecule has 6 heteroatoms. The maximum absolute atomic E-state index is 14.1. The summed E-state index contributed by atoms with van der Waals surface area (Å²) in [4.78, 5) is 4.36. The minimum Gasteiger partial charge on any atom is -0.506 e. The summed E-state index contributed by atoms with van der Waals surface area (Å²) in [5, 5.41) is 14.1. The Morgan fingerprint density at radius 2 is 2.05 bits per heavy atom. The Bertz CT molecular complexity index is 816. The van der Waals surface area contributed by atoms with Gasteiger partial charge in [-0.2, -0.15) is 5.10 Å². The Kier molecular flexibility index (Phi) is 3.47. The molecular formula is C15H11BrFN3O. The van der Waals surface area contributed by atoms with Gasteiger partial charge in [0.1, 0.15) is 17.3 Å². The van der Waals surface area contributed by atoms with Gasteiger partial charge in [0.05, 0.1) is 11.9 Å². The Morgan fingerprint density at radius 3 is 2.71 bits per heavy atom. The molecule has 106 valence electrons. The van der Waals surface area contributed by atoms with E-state index in [0.29, 0.717) is 10.2 Å². The predicted molar refractivity (Wildman–Crippen MR) is 81.2 cm³/mol. The number of pyridine rings is 1. The molecule has 3 rings (SSSR count). The van der Waals surface area contributed by atoms with Crippen molar-refractivity contribution in [2.75, 3.05) is 0 Å². The molecule has 0 spiro atoms. The van der Waals surface area contributed by atoms with Gasteiger partial charge in [0, 0.05) is 28.8 Å². The van der Waals surface area contributed by atoms with Crippen molar-refractivity contribution >= 4 is 15.9 Å². The highest BCUT2D eigenvalue weighted by molar-refractivity contribution is 9.10. The van der Waals surface area contributed by atoms with Gasteiger partial charge in [-0.3, -0.25) is 4.68 Å². The van der Waals surface area contributed by atoms with E-state index in [9.17, 15) is 9.50 Å². The molecule has 0 radical (unpaired) electrons. The highest BCUT2D eigenvalue weighted by atomic mass is 79.9. The van der Waals surface area contributed by atoms with E-state index in [2.05, 4.69) is 26.0 Å². The Hall–Kier alpha value is -2.21. The second-order valence-corrected chi connectivity index (χ2v) is 5.51. The molecule has 1 N–H and O–H groups in total. The van der Waals surface area contributed by atoms with Crippen LogP contribution in [0, 0.1) is 5.82 Å². The largest absolute Gasteiger partial charge is 0.506 e. The van der Waals surface area contributed by atoms with E-state index in [4.69, 9.17) is 0 Å². The number of benzene rings is 1. The first-order chi connectivity index (χ1) is 10.0. The van der Waals surface area contributed by atoms with Crippen LogP contribution in [-0.2, 0) is 7.05 Å². The quantitative estimate of drug-likeness (QED) is 0.767. The molecule has 0 aliphatic rings. The number of nitrogens with zero attached hydrogens (tertiary/aromatic N) is 3. The van der Waals surface area contributed by atoms with Crippen molar-refractivity contribution in [1.82, 2.24) is 14.8 Å². The number of aromatic hydroxyl groups is 1. The van der Waals surface area contributed by atoms with Crippen molar-refractivity contribution in [3.8, 4) is 28.3 Å². The minimum atomic E-state index is -0.449. The second kappa shape index (κ2) is 5.29. The summed E-state index contributed by atoms with van der Waals surface area (Å²) in [5.41, 5.74) is 1.89. The van der Waals surface area contributed by atoms with Gasteiger partial charge in [-0.1, -0.05) is 15.9 Å². The standard InChI is InChI=1S/C15H11BrFN3O/c1-20-8-9(7-18-20)13-4-5-14(21)15(19-13)11-3-2-10(16)6-12(11)17/h2-8,21H,1H3. The van der Waals surface area contributed by atoms with Gasteiger partial charge >= 0.3 is 0 Å². The summed E-state index contributed by atoms with van der Waals surface area (Å²) in [6, 6.07) is 7.80. The first-order valence-corrected chi connectivity index (χ1v) is 6.98. The normalized spacial score (nSPS) is 10.8. The van der Waals surface area contributed by atoms with Crippen LogP contribution < -0.4 is 0 Å². The van der Waals surface area contributed by atoms with Crippen LogP contribution in [0.15, 0.2) is 47.2 Å². The molecule has 0 saturated heterocycles. The molecule has 0 saturated carbocycles. The molecule has 0 amide bonds. The number of hydrogen-bond donors (Lipinski definition) is 1. The third-order valence-electron chi connectivity index (χ3n) is 3.06. The number of hydrogen-bond acceptors (Lipinski definition) is 3. The summed E-state index contributed by atoms with van der Waals surface area (Å²) in [6.45, 7) is 0. The minimum absolute atomic E-state index is 0.0659. The molecule has 0 bridgehead atoms. The lowest BCUT2D eigenvalue weighted by atomic mass is 10.1. The lowest BCUT2D eigenvalue weighted by Crippen LogP contribution is -1.91. The Balaban J connectivity index is 2.14. The van der Waals surface area contributed by atoms with Crippen molar-refractivity contribution in [1.29, 1.82) is 0 Å². The van der Waals surface area contributed by atoms with Crippen LogP contribution in [0.4, 0.5) is 4.39 Å². The summed E-state index contributed by atoms with van der Waals surface area (Å²) in [5.74, 6) is -0.514. The van der Waals surface area contributed by atoms with Crippen molar-refractivity contribution in [3.63, 3.8) is 0 Å². The number of aryl methyl sites for hydroxylation is 1. The van der Waals surface area contributed by atoms with Gasteiger partial charge in [-0.25, -0.2) is 9.37 Å². The number of halogens is 2. The van der Waals surface area contributed by atoms with Gasteiger partial charge in [0.2, 0.25) is 0 Å². The molecule has 0 aliphatic heterocycles. The average molecular weight is 348 g/mol. The topological polar surface area (TPSA) is 50.9 Å². The SMILES string of the molecule is Cn1cc(-c2ccc(O)c(-c3ccc(Br)cc3F)n2)cn1. The monoisotopic (exact) mass is 347 g/mol. The lowest BCUT2D eigenvalue weighted by molar-refractivity contribution is 0.474. The fourth-order valence-electron chi connectivity index (χ4n) is 2.05. The fraction of sp³-hybridized carbons (Fsp3) is 0.0667. The maximum Gasteiger partial charge on any atom is 0.142 e. The van der Waals surface area contributed by atoms with Crippen molar-refractivity contribution in [2.45, 2.75) is 0 Å². The van der Waals surface area contributed by atoms with Crippen LogP contribution in [0.1, 0.15) is 0 Å². The molecule has 0 unspecified atom stereocenters. The van der Waals surface area contributed by atoms with Crippen molar-refractivity contribution < 1.29 is 9.50 Å². The van der Waals surface area contributed by atoms with Gasteiger partial charge < -0.3 is 5.11 Å². The molecular weight excluding hydrogens is 337 g/mol. The molecule has 1 aromatic carbocycles. The van der Waals surface area contributed by atoms with Gasteiger partial charge in [0.15, 0.2) is 0 Å². The molecule has 4 nitrogen and oxygen atoms in total. The molecule has 2 heterocycles. The molecule has 21 heavy (non-hydrogen) atoms. The van der Waals surface area contributed by atoms with Crippen LogP contribution in [0.3, 0.4) is 0 Å². The molecule has 0 atom stereocenters. The van der Waals surface area contributed by atoms with Crippen molar-refractivity contribution in [2.24, 2.45) is 7.05 Å². The van der Waals surface area contributed by atoms with Gasteiger partial charge in [-0.05, 0) is 30.3 Å². The highest BCUT2D eigenvalue weighted by Crippen LogP contribution is 2.32. The zero-order valence-corrected chi connectivity index (χ0v) is 12.7. The smallest absolute Gasteiger partial charge is 0.142 e. The number of aromatic nitrogens is 3. The van der Waals surface area contributed by atoms with E-state index in [1.54, 1.807) is 42.3 Å². The van der Waals surface area contributed by atoms with E-state index >= 15 is 0 Å². The predicted octanol–water partition coefficient (Wildman–Crippen LogP) is 3.76. The van der Waals surface area contributed by atoms with Crippen LogP contribution in [0.25, 0.3) is 22.5 Å². The summed E-state index contributed by atoms with van der Waals surface area (Å²) in [7, 11) is 1.80. The molecule has 0 aliphatic carbocycles. The Labute approximate surface area is 129 Å². The van der Waals surface area contributed by atoms with E-state index < -0.39 is 5.82 Å². The van der Waals surface area contributed by atoms with Crippen LogP contribution in [0.5, 0.6) is 5.75 Å². The third-order valence-corrected chi connectivity index (χ3v) is 3.55. The lowest BCUT2D eigenvalue weighted by Gasteiger charge is -2.07. The first-order valence-electron chi connectivity index (χ1n) is 6.19. The van der Waals surface area contributed by atoms with E-state index in [0.717, 1.165) is 5.56 Å². The molecule has 3 aromatic rings. The fourth-order valence-corrected chi connectivity index (χ4v) is 2.38. The van der Waals surface area contributed by atoms with E-state index in [1.807, 2.05) is 0 Å². The third kappa shape index (κ3) is 2.67. The summed E-state index contributed by atoms with van der Waals surface area (Å²) < 4.78 is 16.3. The van der Waals surface area contributed by atoms with Crippen molar-refractivity contribution in [3.05, 3.63) is 53.0 Å². The van der Waals surface area contributed by atoms with Crippen LogP contribution >= 0.6 is 15.9 Å². The van der Waals surface area contributed by atoms with Crippen LogP contribution in [-0.4, -0.2) is 19.9 Å². The maximum atomic E-state index is 14.1. The van der Waals surface area contributed by atoms with Gasteiger partial charge in [0.25, 0.3) is 0 Å². The average Bonchev–Trinajstić information content (AvgIpc) is 2.87. The van der Waals surface area contributed by atoms with E-state index in [-0.39, 0.29) is 17.0 Å². The molecule has 0 fully saturated rings.